The Balaban J connectivity index is 2.28. The zero-order chi connectivity index (χ0) is 8.10. The van der Waals surface area contributed by atoms with E-state index >= 15 is 0 Å². The van der Waals surface area contributed by atoms with Crippen molar-refractivity contribution in [3.63, 3.8) is 0 Å². The first-order valence-electron chi connectivity index (χ1n) is 3.37. The topological polar surface area (TPSA) is 34.1 Å². The van der Waals surface area contributed by atoms with Crippen LogP contribution in [0.1, 0.15) is 0 Å². The van der Waals surface area contributed by atoms with Gasteiger partial charge in [0.15, 0.2) is 11.9 Å². The van der Waals surface area contributed by atoms with Crippen molar-refractivity contribution in [3.8, 4) is 0 Å². The maximum absolute atomic E-state index is 4.78. The highest BCUT2D eigenvalue weighted by atomic mass is 32.2. The molecule has 4 nitrogen and oxygen atoms in total. The third-order valence-electron chi connectivity index (χ3n) is 1.40. The van der Waals surface area contributed by atoms with Crippen molar-refractivity contribution in [1.82, 2.24) is 4.90 Å². The fourth-order valence-electron chi connectivity index (χ4n) is 0.892. The van der Waals surface area contributed by atoms with Crippen LogP contribution in [0, 0.1) is 0 Å². The number of rotatable bonds is 3. The lowest BCUT2D eigenvalue weighted by Crippen LogP contribution is -2.28. The zero-order valence-electron chi connectivity index (χ0n) is 6.74. The Bertz CT molecular complexity index is 152. The molecular weight excluding hydrogens is 164 g/mol. The van der Waals surface area contributed by atoms with Gasteiger partial charge >= 0.3 is 0 Å². The molecule has 1 aliphatic heterocycles. The second-order valence-corrected chi connectivity index (χ2v) is 2.82. The quantitative estimate of drug-likeness (QED) is 0.465. The first-order valence-corrected chi connectivity index (χ1v) is 4.60. The van der Waals surface area contributed by atoms with Crippen molar-refractivity contribution >= 4 is 16.9 Å². The largest absolute Gasteiger partial charge is 0.324 e. The third-order valence-corrected chi connectivity index (χ3v) is 2.15. The van der Waals surface area contributed by atoms with Crippen LogP contribution < -0.4 is 0 Å². The van der Waals surface area contributed by atoms with Crippen LogP contribution in [0.2, 0.25) is 0 Å². The second-order valence-electron chi connectivity index (χ2n) is 2.05. The molecule has 0 saturated heterocycles. The Morgan fingerprint density at radius 1 is 1.73 bits per heavy atom. The predicted molar refractivity (Wildman–Crippen MR) is 45.5 cm³/mol. The monoisotopic (exact) mass is 176 g/mol. The Morgan fingerprint density at radius 2 is 2.55 bits per heavy atom. The molecule has 0 atom stereocenters. The standard InChI is InChI=1S/C6H12N2O2S/c1-9-10-5-8-4-3-7-6(8)11-2/h3-5H2,1-2H3. The van der Waals surface area contributed by atoms with Crippen molar-refractivity contribution in [2.45, 2.75) is 0 Å². The smallest absolute Gasteiger partial charge is 0.160 e. The number of nitrogens with zero attached hydrogens (tertiary/aromatic N) is 2. The lowest BCUT2D eigenvalue weighted by atomic mass is 10.6. The molecule has 0 aromatic carbocycles. The summed E-state index contributed by atoms with van der Waals surface area (Å²) in [4.78, 5) is 15.6. The average Bonchev–Trinajstić information content (AvgIpc) is 2.47. The summed E-state index contributed by atoms with van der Waals surface area (Å²) in [5, 5.41) is 1.03. The van der Waals surface area contributed by atoms with Crippen molar-refractivity contribution in [1.29, 1.82) is 0 Å². The van der Waals surface area contributed by atoms with Gasteiger partial charge in [-0.15, -0.1) is 0 Å². The lowest BCUT2D eigenvalue weighted by molar-refractivity contribution is -0.288. The average molecular weight is 176 g/mol. The Kier molecular flexibility index (Phi) is 3.68. The van der Waals surface area contributed by atoms with E-state index in [-0.39, 0.29) is 0 Å². The molecule has 0 aromatic heterocycles. The molecule has 0 unspecified atom stereocenters. The summed E-state index contributed by atoms with van der Waals surface area (Å²) in [5.74, 6) is 0. The minimum atomic E-state index is 0.468. The molecule has 0 spiro atoms. The molecule has 0 saturated carbocycles. The van der Waals surface area contributed by atoms with Gasteiger partial charge in [0.1, 0.15) is 0 Å². The van der Waals surface area contributed by atoms with E-state index in [0.29, 0.717) is 6.73 Å². The molecule has 0 fully saturated rings. The molecule has 0 radical (unpaired) electrons. The van der Waals surface area contributed by atoms with Crippen LogP contribution in [-0.4, -0.2) is 43.3 Å². The van der Waals surface area contributed by atoms with Gasteiger partial charge in [0, 0.05) is 6.54 Å². The molecule has 11 heavy (non-hydrogen) atoms. The van der Waals surface area contributed by atoms with Crippen LogP contribution in [0.4, 0.5) is 0 Å². The minimum Gasteiger partial charge on any atom is -0.324 e. The first kappa shape index (κ1) is 8.83. The van der Waals surface area contributed by atoms with E-state index in [4.69, 9.17) is 4.89 Å². The summed E-state index contributed by atoms with van der Waals surface area (Å²) in [6, 6.07) is 0. The van der Waals surface area contributed by atoms with Crippen LogP contribution in [0.3, 0.4) is 0 Å². The molecule has 0 amide bonds. The van der Waals surface area contributed by atoms with Gasteiger partial charge in [-0.05, 0) is 6.26 Å². The highest BCUT2D eigenvalue weighted by Crippen LogP contribution is 2.10. The Morgan fingerprint density at radius 3 is 3.18 bits per heavy atom. The summed E-state index contributed by atoms with van der Waals surface area (Å²) >= 11 is 1.63. The van der Waals surface area contributed by atoms with Crippen LogP contribution in [0.5, 0.6) is 0 Å². The molecule has 0 bridgehead atoms. The molecule has 5 heteroatoms. The molecule has 0 aliphatic carbocycles. The van der Waals surface area contributed by atoms with Gasteiger partial charge in [-0.2, -0.15) is 0 Å². The van der Waals surface area contributed by atoms with E-state index in [1.807, 2.05) is 11.2 Å². The number of hydrogen-bond acceptors (Lipinski definition) is 5. The highest BCUT2D eigenvalue weighted by molar-refractivity contribution is 8.13. The number of thioether (sulfide) groups is 1. The minimum absolute atomic E-state index is 0.468. The van der Waals surface area contributed by atoms with Crippen LogP contribution in [0.15, 0.2) is 4.99 Å². The molecule has 0 N–H and O–H groups in total. The van der Waals surface area contributed by atoms with Crippen molar-refractivity contribution in [2.75, 3.05) is 33.2 Å². The molecule has 0 aromatic rings. The molecule has 1 rings (SSSR count). The van der Waals surface area contributed by atoms with Gasteiger partial charge in [0.05, 0.1) is 13.7 Å². The Hall–Kier alpha value is -0.260. The van der Waals surface area contributed by atoms with E-state index in [0.717, 1.165) is 18.3 Å². The molecular formula is C6H12N2O2S. The number of aliphatic imine (C=N–C) groups is 1. The van der Waals surface area contributed by atoms with E-state index in [9.17, 15) is 0 Å². The second kappa shape index (κ2) is 4.58. The first-order chi connectivity index (χ1) is 5.38. The highest BCUT2D eigenvalue weighted by Gasteiger charge is 2.15. The zero-order valence-corrected chi connectivity index (χ0v) is 7.56. The van der Waals surface area contributed by atoms with E-state index in [1.165, 1.54) is 7.11 Å². The van der Waals surface area contributed by atoms with Gasteiger partial charge in [0.25, 0.3) is 0 Å². The van der Waals surface area contributed by atoms with Crippen LogP contribution >= 0.6 is 11.8 Å². The fraction of sp³-hybridized carbons (Fsp3) is 0.833. The lowest BCUT2D eigenvalue weighted by Gasteiger charge is -2.16. The third kappa shape index (κ3) is 2.36. The molecule has 1 aliphatic rings. The summed E-state index contributed by atoms with van der Waals surface area (Å²) < 4.78 is 0. The number of hydrogen-bond donors (Lipinski definition) is 0. The molecule has 64 valence electrons. The van der Waals surface area contributed by atoms with Crippen LogP contribution in [-0.2, 0) is 9.78 Å². The van der Waals surface area contributed by atoms with Gasteiger partial charge in [-0.3, -0.25) is 4.99 Å². The summed E-state index contributed by atoms with van der Waals surface area (Å²) in [6.07, 6.45) is 2.00. The fourth-order valence-corrected chi connectivity index (χ4v) is 1.51. The maximum Gasteiger partial charge on any atom is 0.160 e. The summed E-state index contributed by atoms with van der Waals surface area (Å²) in [7, 11) is 1.51. The van der Waals surface area contributed by atoms with E-state index in [2.05, 4.69) is 9.88 Å². The summed E-state index contributed by atoms with van der Waals surface area (Å²) in [5.41, 5.74) is 0. The normalized spacial score (nSPS) is 17.3. The van der Waals surface area contributed by atoms with Gasteiger partial charge < -0.3 is 4.90 Å². The Labute approximate surface area is 70.5 Å². The SMILES string of the molecule is COOCN1CCN=C1SC. The maximum atomic E-state index is 4.78. The van der Waals surface area contributed by atoms with E-state index in [1.54, 1.807) is 11.8 Å². The predicted octanol–water partition coefficient (Wildman–Crippen LogP) is 0.557. The van der Waals surface area contributed by atoms with Crippen molar-refractivity contribution in [3.05, 3.63) is 0 Å². The van der Waals surface area contributed by atoms with Gasteiger partial charge in [-0.25, -0.2) is 9.78 Å². The van der Waals surface area contributed by atoms with Crippen LogP contribution in [0.25, 0.3) is 0 Å². The van der Waals surface area contributed by atoms with Gasteiger partial charge in [-0.1, -0.05) is 11.8 Å². The van der Waals surface area contributed by atoms with Crippen molar-refractivity contribution in [2.24, 2.45) is 4.99 Å². The van der Waals surface area contributed by atoms with E-state index < -0.39 is 0 Å². The summed E-state index contributed by atoms with van der Waals surface area (Å²) in [6.45, 7) is 2.26. The van der Waals surface area contributed by atoms with Crippen molar-refractivity contribution < 1.29 is 9.78 Å². The van der Waals surface area contributed by atoms with Gasteiger partial charge in [0.2, 0.25) is 0 Å². The number of amidine groups is 1. The molecule has 1 heterocycles.